The number of Topliss-reactive ketones (excluding diaryl/α,β-unsaturated/α-hetero) is 1. The largest absolute Gasteiger partial charge is 0.486 e. The number of fused-ring (bicyclic) bond motifs is 1. The molecule has 0 spiro atoms. The molecule has 0 aromatic heterocycles. The van der Waals surface area contributed by atoms with Gasteiger partial charge in [-0.25, -0.2) is 0 Å². The third-order valence-electron chi connectivity index (χ3n) is 3.39. The first kappa shape index (κ1) is 13.9. The standard InChI is InChI=1S/C15H21NO3/c1-10(2)12(9-16-3)15(17)11-4-5-13-14(8-11)19-7-6-18-13/h4-5,8,10,12,16H,6-7,9H2,1-3H3. The van der Waals surface area contributed by atoms with E-state index in [0.717, 1.165) is 5.75 Å². The molecule has 1 heterocycles. The quantitative estimate of drug-likeness (QED) is 0.827. The number of ether oxygens (including phenoxy) is 2. The van der Waals surface area contributed by atoms with Crippen molar-refractivity contribution in [2.24, 2.45) is 11.8 Å². The van der Waals surface area contributed by atoms with E-state index in [2.05, 4.69) is 19.2 Å². The molecule has 0 amide bonds. The molecule has 1 aromatic carbocycles. The number of carbonyl (C=O) groups excluding carboxylic acids is 1. The van der Waals surface area contributed by atoms with Gasteiger partial charge >= 0.3 is 0 Å². The third-order valence-corrected chi connectivity index (χ3v) is 3.39. The summed E-state index contributed by atoms with van der Waals surface area (Å²) in [6.45, 7) is 5.92. The Hall–Kier alpha value is -1.55. The van der Waals surface area contributed by atoms with Gasteiger partial charge in [-0.15, -0.1) is 0 Å². The first-order chi connectivity index (χ1) is 9.13. The fourth-order valence-electron chi connectivity index (χ4n) is 2.26. The van der Waals surface area contributed by atoms with Gasteiger partial charge in [-0.05, 0) is 31.2 Å². The summed E-state index contributed by atoms with van der Waals surface area (Å²) in [7, 11) is 1.87. The zero-order chi connectivity index (χ0) is 13.8. The molecule has 4 nitrogen and oxygen atoms in total. The van der Waals surface area contributed by atoms with E-state index >= 15 is 0 Å². The second-order valence-corrected chi connectivity index (χ2v) is 5.13. The maximum absolute atomic E-state index is 12.5. The van der Waals surface area contributed by atoms with Crippen molar-refractivity contribution in [2.75, 3.05) is 26.8 Å². The summed E-state index contributed by atoms with van der Waals surface area (Å²) >= 11 is 0. The molecule has 1 unspecified atom stereocenters. The minimum atomic E-state index is -0.0208. The van der Waals surface area contributed by atoms with E-state index in [9.17, 15) is 4.79 Å². The molecule has 1 aliphatic rings. The van der Waals surface area contributed by atoms with Crippen LogP contribution in [0.25, 0.3) is 0 Å². The van der Waals surface area contributed by atoms with E-state index in [1.807, 2.05) is 19.2 Å². The summed E-state index contributed by atoms with van der Waals surface area (Å²) < 4.78 is 11.0. The van der Waals surface area contributed by atoms with Crippen LogP contribution in [0.15, 0.2) is 18.2 Å². The van der Waals surface area contributed by atoms with Crippen LogP contribution in [0.2, 0.25) is 0 Å². The molecule has 2 rings (SSSR count). The van der Waals surface area contributed by atoms with Crippen LogP contribution in [0.3, 0.4) is 0 Å². The van der Waals surface area contributed by atoms with E-state index < -0.39 is 0 Å². The third kappa shape index (κ3) is 3.07. The Morgan fingerprint density at radius 1 is 1.26 bits per heavy atom. The molecule has 19 heavy (non-hydrogen) atoms. The number of ketones is 1. The van der Waals surface area contributed by atoms with Gasteiger partial charge in [0, 0.05) is 18.0 Å². The highest BCUT2D eigenvalue weighted by Gasteiger charge is 2.24. The predicted molar refractivity (Wildman–Crippen MR) is 74.0 cm³/mol. The summed E-state index contributed by atoms with van der Waals surface area (Å²) in [6, 6.07) is 5.43. The molecular weight excluding hydrogens is 242 g/mol. The lowest BCUT2D eigenvalue weighted by Crippen LogP contribution is -2.30. The van der Waals surface area contributed by atoms with Crippen LogP contribution in [0, 0.1) is 11.8 Å². The van der Waals surface area contributed by atoms with Gasteiger partial charge in [0.25, 0.3) is 0 Å². The van der Waals surface area contributed by atoms with Crippen LogP contribution in [0.5, 0.6) is 11.5 Å². The summed E-state index contributed by atoms with van der Waals surface area (Å²) in [5, 5.41) is 3.09. The van der Waals surface area contributed by atoms with E-state index in [1.165, 1.54) is 0 Å². The number of hydrogen-bond acceptors (Lipinski definition) is 4. The monoisotopic (exact) mass is 263 g/mol. The van der Waals surface area contributed by atoms with Crippen molar-refractivity contribution < 1.29 is 14.3 Å². The van der Waals surface area contributed by atoms with Crippen molar-refractivity contribution >= 4 is 5.78 Å². The molecule has 1 aliphatic heterocycles. The molecule has 1 aromatic rings. The number of rotatable bonds is 5. The van der Waals surface area contributed by atoms with Gasteiger partial charge in [-0.2, -0.15) is 0 Å². The second-order valence-electron chi connectivity index (χ2n) is 5.13. The van der Waals surface area contributed by atoms with Gasteiger partial charge in [0.15, 0.2) is 17.3 Å². The maximum atomic E-state index is 12.5. The molecule has 0 saturated heterocycles. The molecule has 1 N–H and O–H groups in total. The highest BCUT2D eigenvalue weighted by molar-refractivity contribution is 5.98. The van der Waals surface area contributed by atoms with Crippen molar-refractivity contribution in [1.82, 2.24) is 5.32 Å². The van der Waals surface area contributed by atoms with Crippen molar-refractivity contribution in [3.63, 3.8) is 0 Å². The van der Waals surface area contributed by atoms with Crippen LogP contribution in [-0.4, -0.2) is 32.6 Å². The smallest absolute Gasteiger partial charge is 0.167 e. The summed E-state index contributed by atoms with van der Waals surface area (Å²) in [6.07, 6.45) is 0. The van der Waals surface area contributed by atoms with E-state index in [1.54, 1.807) is 6.07 Å². The molecule has 104 valence electrons. The second kappa shape index (κ2) is 6.06. The van der Waals surface area contributed by atoms with Gasteiger partial charge in [0.05, 0.1) is 0 Å². The lowest BCUT2D eigenvalue weighted by Gasteiger charge is -2.22. The summed E-state index contributed by atoms with van der Waals surface area (Å²) in [5.41, 5.74) is 0.693. The van der Waals surface area contributed by atoms with Crippen molar-refractivity contribution in [2.45, 2.75) is 13.8 Å². The number of hydrogen-bond donors (Lipinski definition) is 1. The fourth-order valence-corrected chi connectivity index (χ4v) is 2.26. The van der Waals surface area contributed by atoms with Gasteiger partial charge in [0.2, 0.25) is 0 Å². The highest BCUT2D eigenvalue weighted by Crippen LogP contribution is 2.32. The Balaban J connectivity index is 2.22. The topological polar surface area (TPSA) is 47.6 Å². The van der Waals surface area contributed by atoms with E-state index in [0.29, 0.717) is 37.0 Å². The fraction of sp³-hybridized carbons (Fsp3) is 0.533. The van der Waals surface area contributed by atoms with Gasteiger partial charge < -0.3 is 14.8 Å². The number of carbonyl (C=O) groups is 1. The minimum absolute atomic E-state index is 0.0208. The minimum Gasteiger partial charge on any atom is -0.486 e. The lowest BCUT2D eigenvalue weighted by atomic mass is 9.88. The lowest BCUT2D eigenvalue weighted by molar-refractivity contribution is 0.0885. The van der Waals surface area contributed by atoms with E-state index in [4.69, 9.17) is 9.47 Å². The number of benzene rings is 1. The average molecular weight is 263 g/mol. The molecule has 0 aliphatic carbocycles. The molecule has 4 heteroatoms. The average Bonchev–Trinajstić information content (AvgIpc) is 2.43. The van der Waals surface area contributed by atoms with Gasteiger partial charge in [0.1, 0.15) is 13.2 Å². The Kier molecular flexibility index (Phi) is 4.43. The Labute approximate surface area is 114 Å². The molecular formula is C15H21NO3. The maximum Gasteiger partial charge on any atom is 0.167 e. The molecule has 0 saturated carbocycles. The Bertz CT molecular complexity index is 457. The van der Waals surface area contributed by atoms with Crippen molar-refractivity contribution in [3.8, 4) is 11.5 Å². The van der Waals surface area contributed by atoms with Gasteiger partial charge in [-0.1, -0.05) is 13.8 Å². The predicted octanol–water partition coefficient (Wildman–Crippen LogP) is 2.13. The van der Waals surface area contributed by atoms with Crippen molar-refractivity contribution in [3.05, 3.63) is 23.8 Å². The summed E-state index contributed by atoms with van der Waals surface area (Å²) in [5.74, 6) is 1.82. The number of nitrogens with one attached hydrogen (secondary N) is 1. The molecule has 0 radical (unpaired) electrons. The summed E-state index contributed by atoms with van der Waals surface area (Å²) in [4.78, 5) is 12.5. The van der Waals surface area contributed by atoms with Crippen LogP contribution in [0.1, 0.15) is 24.2 Å². The molecule has 0 fully saturated rings. The van der Waals surface area contributed by atoms with Crippen LogP contribution in [0.4, 0.5) is 0 Å². The van der Waals surface area contributed by atoms with E-state index in [-0.39, 0.29) is 11.7 Å². The van der Waals surface area contributed by atoms with Crippen LogP contribution in [-0.2, 0) is 0 Å². The zero-order valence-corrected chi connectivity index (χ0v) is 11.7. The van der Waals surface area contributed by atoms with Crippen LogP contribution >= 0.6 is 0 Å². The zero-order valence-electron chi connectivity index (χ0n) is 11.7. The highest BCUT2D eigenvalue weighted by atomic mass is 16.6. The normalized spacial score (nSPS) is 15.4. The first-order valence-electron chi connectivity index (χ1n) is 6.72. The Morgan fingerprint density at radius 3 is 2.58 bits per heavy atom. The first-order valence-corrected chi connectivity index (χ1v) is 6.72. The molecule has 0 bridgehead atoms. The van der Waals surface area contributed by atoms with Gasteiger partial charge in [-0.3, -0.25) is 4.79 Å². The molecule has 1 atom stereocenters. The van der Waals surface area contributed by atoms with Crippen molar-refractivity contribution in [1.29, 1.82) is 0 Å². The van der Waals surface area contributed by atoms with Crippen LogP contribution < -0.4 is 14.8 Å². The Morgan fingerprint density at radius 2 is 1.95 bits per heavy atom. The SMILES string of the molecule is CNCC(C(=O)c1ccc2c(c1)OCCO2)C(C)C.